The Balaban J connectivity index is 1.59. The van der Waals surface area contributed by atoms with Gasteiger partial charge in [0.25, 0.3) is 5.91 Å². The molecule has 1 N–H and O–H groups in total. The molecule has 1 aliphatic heterocycles. The number of aliphatic imine (C=N–C) groups is 1. The van der Waals surface area contributed by atoms with Gasteiger partial charge in [-0.05, 0) is 79.1 Å². The molecule has 3 aromatic carbocycles. The van der Waals surface area contributed by atoms with Crippen LogP contribution in [0.3, 0.4) is 0 Å². The minimum absolute atomic E-state index is 0.0417. The summed E-state index contributed by atoms with van der Waals surface area (Å²) in [6, 6.07) is 22.0. The smallest absolute Gasteiger partial charge is 0.283 e. The van der Waals surface area contributed by atoms with Gasteiger partial charge in [0.2, 0.25) is 5.91 Å². The van der Waals surface area contributed by atoms with E-state index >= 15 is 0 Å². The lowest BCUT2D eigenvalue weighted by Crippen LogP contribution is -2.31. The number of thioether (sulfide) groups is 1. The Morgan fingerprint density at radius 2 is 1.83 bits per heavy atom. The molecular weight excluding hydrogens is 472 g/mol. The molecule has 0 bridgehead atoms. The van der Waals surface area contributed by atoms with Crippen molar-refractivity contribution >= 4 is 46.2 Å². The fraction of sp³-hybridized carbons (Fsp3) is 0.143. The van der Waals surface area contributed by atoms with Crippen LogP contribution in [0.5, 0.6) is 5.75 Å². The van der Waals surface area contributed by atoms with Crippen LogP contribution in [-0.2, 0) is 9.59 Å². The highest BCUT2D eigenvalue weighted by Gasteiger charge is 2.32. The van der Waals surface area contributed by atoms with Gasteiger partial charge in [0.1, 0.15) is 11.4 Å². The fourth-order valence-electron chi connectivity index (χ4n) is 3.75. The Hall–Kier alpha value is -4.35. The van der Waals surface area contributed by atoms with E-state index in [4.69, 9.17) is 10.00 Å². The third-order valence-corrected chi connectivity index (χ3v) is 6.26. The summed E-state index contributed by atoms with van der Waals surface area (Å²) in [5.74, 6) is 0.233. The molecule has 0 spiro atoms. The predicted octanol–water partition coefficient (Wildman–Crippen LogP) is 5.30. The summed E-state index contributed by atoms with van der Waals surface area (Å²) < 4.78 is 5.20. The highest BCUT2D eigenvalue weighted by atomic mass is 32.2. The van der Waals surface area contributed by atoms with E-state index < -0.39 is 0 Å². The van der Waals surface area contributed by atoms with Gasteiger partial charge in [-0.3, -0.25) is 14.5 Å². The van der Waals surface area contributed by atoms with Crippen LogP contribution in [0.25, 0.3) is 6.08 Å². The maximum atomic E-state index is 13.4. The second-order valence-corrected chi connectivity index (χ2v) is 9.16. The van der Waals surface area contributed by atoms with Crippen LogP contribution in [0.4, 0.5) is 11.4 Å². The topological polar surface area (TPSA) is 94.8 Å². The number of benzene rings is 3. The Labute approximate surface area is 214 Å². The number of carbonyl (C=O) groups is 2. The molecule has 36 heavy (non-hydrogen) atoms. The van der Waals surface area contributed by atoms with Crippen LogP contribution in [0.1, 0.15) is 22.3 Å². The zero-order valence-corrected chi connectivity index (χ0v) is 20.9. The fourth-order valence-corrected chi connectivity index (χ4v) is 4.56. The monoisotopic (exact) mass is 496 g/mol. The minimum atomic E-state index is -0.266. The van der Waals surface area contributed by atoms with E-state index in [1.54, 1.807) is 42.4 Å². The Kier molecular flexibility index (Phi) is 7.52. The molecule has 7 nitrogen and oxygen atoms in total. The number of amidine groups is 1. The van der Waals surface area contributed by atoms with Crippen LogP contribution in [0.15, 0.2) is 77.4 Å². The molecule has 4 rings (SSSR count). The Morgan fingerprint density at radius 3 is 2.50 bits per heavy atom. The quantitative estimate of drug-likeness (QED) is 0.468. The van der Waals surface area contributed by atoms with Crippen LogP contribution in [0, 0.1) is 25.2 Å². The Morgan fingerprint density at radius 1 is 1.11 bits per heavy atom. The van der Waals surface area contributed by atoms with Gasteiger partial charge in [-0.2, -0.15) is 5.26 Å². The molecule has 1 aliphatic rings. The lowest BCUT2D eigenvalue weighted by atomic mass is 10.1. The molecule has 0 saturated heterocycles. The minimum Gasteiger partial charge on any atom is -0.497 e. The van der Waals surface area contributed by atoms with Crippen molar-refractivity contribution in [3.63, 3.8) is 0 Å². The van der Waals surface area contributed by atoms with Gasteiger partial charge in [0.05, 0.1) is 30.2 Å². The lowest BCUT2D eigenvalue weighted by Gasteiger charge is -2.19. The van der Waals surface area contributed by atoms with E-state index in [0.29, 0.717) is 22.1 Å². The first-order chi connectivity index (χ1) is 17.4. The molecule has 0 atom stereocenters. The number of carbonyl (C=O) groups excluding carboxylic acids is 2. The predicted molar refractivity (Wildman–Crippen MR) is 144 cm³/mol. The third kappa shape index (κ3) is 5.82. The number of anilines is 2. The summed E-state index contributed by atoms with van der Waals surface area (Å²) in [4.78, 5) is 32.2. The zero-order valence-electron chi connectivity index (χ0n) is 20.1. The molecule has 180 valence electrons. The summed E-state index contributed by atoms with van der Waals surface area (Å²) in [6.07, 6.45) is 1.72. The van der Waals surface area contributed by atoms with Gasteiger partial charge < -0.3 is 10.1 Å². The van der Waals surface area contributed by atoms with Crippen molar-refractivity contribution in [1.29, 1.82) is 5.26 Å². The zero-order chi connectivity index (χ0) is 25.7. The van der Waals surface area contributed by atoms with Crippen LogP contribution in [0.2, 0.25) is 0 Å². The van der Waals surface area contributed by atoms with Crippen LogP contribution in [-0.4, -0.2) is 29.8 Å². The highest BCUT2D eigenvalue weighted by molar-refractivity contribution is 8.14. The van der Waals surface area contributed by atoms with Crippen molar-refractivity contribution in [1.82, 2.24) is 0 Å². The van der Waals surface area contributed by atoms with E-state index in [0.717, 1.165) is 22.4 Å². The van der Waals surface area contributed by atoms with Crippen molar-refractivity contribution in [3.8, 4) is 11.8 Å². The standard InChI is InChI=1S/C28H24N4O3S/c1-18-11-19(2)13-23(12-18)32-27(34)25(15-20-7-9-24(35-3)10-8-20)31-28(32)36-17-26(33)30-22-6-4-5-21(14-22)16-29/h4-15H,17H2,1-3H3,(H,30,33)/b25-15-. The van der Waals surface area contributed by atoms with Gasteiger partial charge in [-0.25, -0.2) is 4.99 Å². The Bertz CT molecular complexity index is 1400. The second kappa shape index (κ2) is 10.9. The first-order valence-electron chi connectivity index (χ1n) is 11.2. The molecule has 0 unspecified atom stereocenters. The lowest BCUT2D eigenvalue weighted by molar-refractivity contribution is -0.114. The van der Waals surface area contributed by atoms with Crippen LogP contribution < -0.4 is 15.0 Å². The average Bonchev–Trinajstić information content (AvgIpc) is 3.17. The van der Waals surface area contributed by atoms with Gasteiger partial charge in [-0.15, -0.1) is 0 Å². The van der Waals surface area contributed by atoms with Crippen molar-refractivity contribution in [2.24, 2.45) is 4.99 Å². The van der Waals surface area contributed by atoms with Gasteiger partial charge in [0, 0.05) is 5.69 Å². The molecular formula is C28H24N4O3S. The van der Waals surface area contributed by atoms with Gasteiger partial charge in [-0.1, -0.05) is 36.0 Å². The van der Waals surface area contributed by atoms with Crippen molar-refractivity contribution in [3.05, 3.63) is 94.7 Å². The maximum absolute atomic E-state index is 13.4. The highest BCUT2D eigenvalue weighted by Crippen LogP contribution is 2.31. The number of rotatable bonds is 6. The molecule has 1 heterocycles. The summed E-state index contributed by atoms with van der Waals surface area (Å²) in [7, 11) is 1.60. The molecule has 2 amide bonds. The number of nitriles is 1. The first kappa shape index (κ1) is 24.8. The number of hydrogen-bond donors (Lipinski definition) is 1. The average molecular weight is 497 g/mol. The van der Waals surface area contributed by atoms with E-state index in [2.05, 4.69) is 16.4 Å². The van der Waals surface area contributed by atoms with Crippen molar-refractivity contribution in [2.45, 2.75) is 13.8 Å². The SMILES string of the molecule is COc1ccc(/C=C2\N=C(SCC(=O)Nc3cccc(C#N)c3)N(c3cc(C)cc(C)c3)C2=O)cc1. The van der Waals surface area contributed by atoms with Crippen molar-refractivity contribution < 1.29 is 14.3 Å². The largest absolute Gasteiger partial charge is 0.497 e. The normalized spacial score (nSPS) is 13.9. The molecule has 0 saturated carbocycles. The molecule has 0 radical (unpaired) electrons. The number of nitrogens with one attached hydrogen (secondary N) is 1. The summed E-state index contributed by atoms with van der Waals surface area (Å²) in [5, 5.41) is 12.3. The number of nitrogens with zero attached hydrogens (tertiary/aromatic N) is 3. The van der Waals surface area contributed by atoms with E-state index in [9.17, 15) is 9.59 Å². The second-order valence-electron chi connectivity index (χ2n) is 8.21. The number of ether oxygens (including phenoxy) is 1. The van der Waals surface area contributed by atoms with E-state index in [1.807, 2.05) is 56.3 Å². The molecule has 0 aromatic heterocycles. The van der Waals surface area contributed by atoms with Crippen LogP contribution >= 0.6 is 11.8 Å². The van der Waals surface area contributed by atoms with Gasteiger partial charge in [0.15, 0.2) is 5.17 Å². The van der Waals surface area contributed by atoms with E-state index in [1.165, 1.54) is 11.8 Å². The van der Waals surface area contributed by atoms with Crippen molar-refractivity contribution in [2.75, 3.05) is 23.1 Å². The summed E-state index contributed by atoms with van der Waals surface area (Å²) in [5.41, 5.74) is 4.82. The third-order valence-electron chi connectivity index (χ3n) is 5.32. The van der Waals surface area contributed by atoms with E-state index in [-0.39, 0.29) is 23.3 Å². The maximum Gasteiger partial charge on any atom is 0.283 e. The number of hydrogen-bond acceptors (Lipinski definition) is 6. The summed E-state index contributed by atoms with van der Waals surface area (Å²) in [6.45, 7) is 3.94. The molecule has 8 heteroatoms. The number of methoxy groups -OCH3 is 1. The molecule has 0 aliphatic carbocycles. The molecule has 3 aromatic rings. The molecule has 0 fully saturated rings. The number of aryl methyl sites for hydroxylation is 2. The summed E-state index contributed by atoms with van der Waals surface area (Å²) >= 11 is 1.18. The number of amides is 2. The van der Waals surface area contributed by atoms with Gasteiger partial charge >= 0.3 is 0 Å². The first-order valence-corrected chi connectivity index (χ1v) is 12.1.